The van der Waals surface area contributed by atoms with Crippen LogP contribution in [0, 0.1) is 29.0 Å². The third-order valence-electron chi connectivity index (χ3n) is 7.79. The average molecular weight is 491 g/mol. The second-order valence-electron chi connectivity index (χ2n) is 9.87. The number of benzene rings is 1. The van der Waals surface area contributed by atoms with Crippen LogP contribution in [0.2, 0.25) is 0 Å². The number of halogens is 1. The number of carbonyl (C=O) groups is 1. The molecule has 0 amide bonds. The summed E-state index contributed by atoms with van der Waals surface area (Å²) < 4.78 is 15.6. The zero-order valence-corrected chi connectivity index (χ0v) is 20.4. The highest BCUT2D eigenvalue weighted by atomic mass is 19.1. The zero-order chi connectivity index (χ0) is 25.7. The molecule has 2 aliphatic rings. The Balaban J connectivity index is 1.56. The Bertz CT molecular complexity index is 1600. The van der Waals surface area contributed by atoms with Crippen molar-refractivity contribution in [2.24, 2.45) is 11.8 Å². The summed E-state index contributed by atoms with van der Waals surface area (Å²) in [6.07, 6.45) is 9.39. The van der Waals surface area contributed by atoms with E-state index in [1.165, 1.54) is 18.6 Å². The van der Waals surface area contributed by atoms with Gasteiger partial charge in [0.15, 0.2) is 5.78 Å². The van der Waals surface area contributed by atoms with E-state index in [9.17, 15) is 14.4 Å². The number of nitrogens with zero attached hydrogens (tertiary/aromatic N) is 6. The second-order valence-corrected chi connectivity index (χ2v) is 9.87. The van der Waals surface area contributed by atoms with Gasteiger partial charge in [0.2, 0.25) is 0 Å². The monoisotopic (exact) mass is 490 g/mol. The van der Waals surface area contributed by atoms with Crippen LogP contribution in [0.5, 0.6) is 0 Å². The summed E-state index contributed by atoms with van der Waals surface area (Å²) in [5.41, 5.74) is 5.48. The van der Waals surface area contributed by atoms with Crippen molar-refractivity contribution in [2.75, 3.05) is 0 Å². The molecule has 0 bridgehead atoms. The summed E-state index contributed by atoms with van der Waals surface area (Å²) in [5, 5.41) is 14.8. The van der Waals surface area contributed by atoms with Crippen LogP contribution in [0.3, 0.4) is 0 Å². The molecule has 7 nitrogen and oxygen atoms in total. The van der Waals surface area contributed by atoms with Gasteiger partial charge in [0.25, 0.3) is 0 Å². The summed E-state index contributed by atoms with van der Waals surface area (Å²) in [6.45, 7) is 4.03. The lowest BCUT2D eigenvalue weighted by Crippen LogP contribution is -2.46. The van der Waals surface area contributed by atoms with Crippen molar-refractivity contribution in [1.82, 2.24) is 24.7 Å². The number of carbonyl (C=O) groups excluding carboxylic acids is 1. The maximum absolute atomic E-state index is 13.7. The minimum Gasteiger partial charge on any atom is -0.293 e. The Hall–Kier alpha value is -4.51. The van der Waals surface area contributed by atoms with Gasteiger partial charge in [0.05, 0.1) is 28.8 Å². The van der Waals surface area contributed by atoms with Crippen LogP contribution < -0.4 is 0 Å². The molecule has 0 fully saturated rings. The first-order chi connectivity index (χ1) is 17.9. The Morgan fingerprint density at radius 1 is 1.14 bits per heavy atom. The molecule has 0 radical (unpaired) electrons. The van der Waals surface area contributed by atoms with Gasteiger partial charge in [-0.15, -0.1) is 0 Å². The molecule has 3 atom stereocenters. The molecule has 0 saturated heterocycles. The molecule has 0 N–H and O–H groups in total. The Morgan fingerprint density at radius 3 is 2.65 bits per heavy atom. The van der Waals surface area contributed by atoms with Gasteiger partial charge >= 0.3 is 0 Å². The van der Waals surface area contributed by atoms with Gasteiger partial charge in [-0.3, -0.25) is 9.78 Å². The van der Waals surface area contributed by atoms with Gasteiger partial charge < -0.3 is 0 Å². The van der Waals surface area contributed by atoms with E-state index < -0.39 is 11.2 Å². The van der Waals surface area contributed by atoms with E-state index in [4.69, 9.17) is 5.10 Å². The van der Waals surface area contributed by atoms with E-state index in [-0.39, 0.29) is 23.2 Å². The van der Waals surface area contributed by atoms with Crippen LogP contribution in [0.25, 0.3) is 28.2 Å². The quantitative estimate of drug-likeness (QED) is 0.400. The first kappa shape index (κ1) is 22.9. The molecule has 182 valence electrons. The maximum Gasteiger partial charge on any atom is 0.176 e. The number of rotatable bonds is 3. The minimum atomic E-state index is -0.574. The van der Waals surface area contributed by atoms with Crippen molar-refractivity contribution in [1.29, 1.82) is 5.26 Å². The van der Waals surface area contributed by atoms with Gasteiger partial charge in [-0.1, -0.05) is 32.1 Å². The van der Waals surface area contributed by atoms with E-state index in [1.54, 1.807) is 12.4 Å². The number of pyridine rings is 1. The smallest absolute Gasteiger partial charge is 0.176 e. The molecule has 3 aromatic heterocycles. The van der Waals surface area contributed by atoms with E-state index >= 15 is 0 Å². The number of hydrogen-bond acceptors (Lipinski definition) is 6. The summed E-state index contributed by atoms with van der Waals surface area (Å²) in [6, 6.07) is 13.1. The predicted octanol–water partition coefficient (Wildman–Crippen LogP) is 5.02. The first-order valence-electron chi connectivity index (χ1n) is 12.2. The number of allylic oxidation sites excluding steroid dienone is 2. The fourth-order valence-corrected chi connectivity index (χ4v) is 6.04. The van der Waals surface area contributed by atoms with Crippen LogP contribution in [-0.2, 0) is 16.6 Å². The molecule has 8 heteroatoms. The summed E-state index contributed by atoms with van der Waals surface area (Å²) in [5.74, 6) is -0.719. The molecule has 0 unspecified atom stereocenters. The number of nitriles is 1. The molecule has 4 aromatic rings. The molecule has 0 aliphatic heterocycles. The fraction of sp³-hybridized carbons (Fsp3) is 0.241. The lowest BCUT2D eigenvalue weighted by molar-refractivity contribution is -0.121. The number of fused-ring (bicyclic) bond motifs is 3. The van der Waals surface area contributed by atoms with Crippen molar-refractivity contribution >= 4 is 5.78 Å². The maximum atomic E-state index is 13.7. The van der Waals surface area contributed by atoms with Crippen LogP contribution in [0.4, 0.5) is 4.39 Å². The van der Waals surface area contributed by atoms with Crippen LogP contribution in [-0.4, -0.2) is 30.5 Å². The fourth-order valence-electron chi connectivity index (χ4n) is 6.04. The molecule has 3 heterocycles. The Morgan fingerprint density at radius 2 is 1.95 bits per heavy atom. The highest BCUT2D eigenvalue weighted by Gasteiger charge is 2.50. The van der Waals surface area contributed by atoms with E-state index in [0.717, 1.165) is 46.7 Å². The van der Waals surface area contributed by atoms with E-state index in [1.807, 2.05) is 48.0 Å². The molecule has 37 heavy (non-hydrogen) atoms. The number of ketones is 1. The largest absolute Gasteiger partial charge is 0.293 e. The third-order valence-corrected chi connectivity index (χ3v) is 7.79. The highest BCUT2D eigenvalue weighted by Crippen LogP contribution is 2.52. The lowest BCUT2D eigenvalue weighted by Gasteiger charge is -2.45. The summed E-state index contributed by atoms with van der Waals surface area (Å²) in [4.78, 5) is 25.3. The molecular weight excluding hydrogens is 467 g/mol. The molecule has 0 saturated carbocycles. The Kier molecular flexibility index (Phi) is 5.30. The SMILES string of the molecule is C[C@H]1C(=O)C(C#N)=C[C@@]2(C)c3c(c(-c4ccncn4)nn3-c3ccc(-c4cncc(F)c4)cc3)CC[C@H]12. The van der Waals surface area contributed by atoms with Gasteiger partial charge in [-0.05, 0) is 48.6 Å². The van der Waals surface area contributed by atoms with Crippen LogP contribution >= 0.6 is 0 Å². The van der Waals surface area contributed by atoms with E-state index in [2.05, 4.69) is 27.9 Å². The normalized spacial score (nSPS) is 22.5. The second kappa shape index (κ2) is 8.56. The van der Waals surface area contributed by atoms with Crippen molar-refractivity contribution in [3.8, 4) is 34.3 Å². The summed E-state index contributed by atoms with van der Waals surface area (Å²) >= 11 is 0. The molecular formula is C29H23FN6O. The molecule has 0 spiro atoms. The van der Waals surface area contributed by atoms with Crippen LogP contribution in [0.1, 0.15) is 31.5 Å². The van der Waals surface area contributed by atoms with Crippen LogP contribution in [0.15, 0.2) is 73.0 Å². The van der Waals surface area contributed by atoms with E-state index in [0.29, 0.717) is 5.56 Å². The van der Waals surface area contributed by atoms with Crippen molar-refractivity contribution in [3.63, 3.8) is 0 Å². The minimum absolute atomic E-state index is 0.0379. The molecule has 2 aliphatic carbocycles. The lowest BCUT2D eigenvalue weighted by atomic mass is 9.58. The number of Topliss-reactive ketones (excluding diaryl/α,β-unsaturated/α-hetero) is 1. The van der Waals surface area contributed by atoms with Gasteiger partial charge in [0, 0.05) is 34.9 Å². The summed E-state index contributed by atoms with van der Waals surface area (Å²) in [7, 11) is 0. The van der Waals surface area contributed by atoms with Crippen molar-refractivity contribution in [2.45, 2.75) is 32.1 Å². The van der Waals surface area contributed by atoms with Gasteiger partial charge in [-0.25, -0.2) is 19.0 Å². The van der Waals surface area contributed by atoms with Crippen molar-refractivity contribution in [3.05, 3.63) is 90.0 Å². The molecule has 1 aromatic carbocycles. The Labute approximate surface area is 213 Å². The number of aromatic nitrogens is 5. The molecule has 6 rings (SSSR count). The third kappa shape index (κ3) is 3.58. The number of hydrogen-bond donors (Lipinski definition) is 0. The van der Waals surface area contributed by atoms with Crippen molar-refractivity contribution < 1.29 is 9.18 Å². The first-order valence-corrected chi connectivity index (χ1v) is 12.2. The zero-order valence-electron chi connectivity index (χ0n) is 20.4. The topological polar surface area (TPSA) is 97.4 Å². The standard InChI is InChI=1S/C29H23FN6O/c1-17-24-8-7-23-26(25-9-10-32-16-34-25)35-36(28(23)29(24,2)12-20(13-31)27(17)37)22-5-3-18(4-6-22)19-11-21(30)15-33-14-19/h3-6,9-12,14-17,24H,7-8H2,1-2H3/t17-,24-,29-/m1/s1. The highest BCUT2D eigenvalue weighted by molar-refractivity contribution is 6.02. The van der Waals surface area contributed by atoms with Gasteiger partial charge in [-0.2, -0.15) is 10.4 Å². The average Bonchev–Trinajstić information content (AvgIpc) is 3.32. The predicted molar refractivity (Wildman–Crippen MR) is 135 cm³/mol. The van der Waals surface area contributed by atoms with Gasteiger partial charge in [0.1, 0.15) is 23.9 Å².